The molecule has 3 rings (SSSR count). The van der Waals surface area contributed by atoms with E-state index in [1.165, 1.54) is 52.9 Å². The number of carbonyl (C=O) groups is 3. The molecule has 0 N–H and O–H groups in total. The molecule has 0 aliphatic heterocycles. The van der Waals surface area contributed by atoms with Gasteiger partial charge in [0.25, 0.3) is 5.56 Å². The van der Waals surface area contributed by atoms with E-state index in [1.807, 2.05) is 4.57 Å². The molecule has 14 heteroatoms. The van der Waals surface area contributed by atoms with Gasteiger partial charge in [-0.2, -0.15) is 0 Å². The van der Waals surface area contributed by atoms with Crippen LogP contribution in [0.2, 0.25) is 30.8 Å². The second-order valence-electron chi connectivity index (χ2n) is 14.5. The van der Waals surface area contributed by atoms with Crippen LogP contribution in [0.4, 0.5) is 9.18 Å². The number of carbonyl (C=O) groups excluding carboxylic acids is 3. The van der Waals surface area contributed by atoms with Gasteiger partial charge in [0.1, 0.15) is 11.9 Å². The van der Waals surface area contributed by atoms with Crippen LogP contribution in [0.15, 0.2) is 41.3 Å². The van der Waals surface area contributed by atoms with Crippen molar-refractivity contribution in [1.29, 1.82) is 0 Å². The zero-order valence-corrected chi connectivity index (χ0v) is 32.5. The highest BCUT2D eigenvalue weighted by Crippen LogP contribution is 2.28. The Labute approximate surface area is 300 Å². The van der Waals surface area contributed by atoms with Gasteiger partial charge in [0.15, 0.2) is 17.7 Å². The first kappa shape index (κ1) is 40.6. The second-order valence-corrected chi connectivity index (χ2v) is 20.5. The minimum atomic E-state index is -1.37. The molecule has 0 fully saturated rings. The van der Waals surface area contributed by atoms with Crippen LogP contribution in [0.25, 0.3) is 10.9 Å². The molecule has 50 heavy (non-hydrogen) atoms. The van der Waals surface area contributed by atoms with E-state index in [9.17, 15) is 19.2 Å². The average Bonchev–Trinajstić information content (AvgIpc) is 3.39. The van der Waals surface area contributed by atoms with E-state index in [4.69, 9.17) is 21.1 Å². The number of ketones is 1. The quantitative estimate of drug-likeness (QED) is 0.0708. The highest BCUT2D eigenvalue weighted by Gasteiger charge is 2.26. The van der Waals surface area contributed by atoms with Crippen LogP contribution in [0.1, 0.15) is 43.6 Å². The van der Waals surface area contributed by atoms with Gasteiger partial charge in [-0.3, -0.25) is 23.9 Å². The number of allylic oxidation sites excluding steroid dienone is 1. The van der Waals surface area contributed by atoms with Gasteiger partial charge < -0.3 is 23.8 Å². The largest absolute Gasteiger partial charge is 0.438 e. The zero-order valence-electron chi connectivity index (χ0n) is 30.7. The topological polar surface area (TPSA) is 116 Å². The molecule has 11 nitrogen and oxygen atoms in total. The third kappa shape index (κ3) is 11.4. The summed E-state index contributed by atoms with van der Waals surface area (Å²) in [4.78, 5) is 58.8. The van der Waals surface area contributed by atoms with Crippen molar-refractivity contribution in [3.63, 3.8) is 0 Å². The van der Waals surface area contributed by atoms with Gasteiger partial charge in [0, 0.05) is 65.9 Å². The fourth-order valence-electron chi connectivity index (χ4n) is 5.15. The lowest BCUT2D eigenvalue weighted by Gasteiger charge is -2.20. The number of likely N-dealkylation sites (N-methyl/N-ethyl adjacent to an activating group) is 1. The Balaban J connectivity index is 1.97. The predicted molar refractivity (Wildman–Crippen MR) is 197 cm³/mol. The van der Waals surface area contributed by atoms with Gasteiger partial charge in [0.05, 0.1) is 24.0 Å². The van der Waals surface area contributed by atoms with E-state index in [2.05, 4.69) is 38.5 Å². The maximum atomic E-state index is 15.2. The SMILES string of the molecule is CC(C)Cc1ncc(F)c2cc(Cn3c(Cl)ccc(CC(=O)[C@H](CC/C=C/C(=O)N(C)C)OC(=O)N(C)C)c3=O)n(COCC[Si](C)(C)C)c12. The number of pyridine rings is 2. The number of fused-ring (bicyclic) bond motifs is 1. The summed E-state index contributed by atoms with van der Waals surface area (Å²) in [7, 11) is 4.88. The lowest BCUT2D eigenvalue weighted by atomic mass is 10.0. The molecule has 3 aromatic rings. The number of rotatable bonds is 17. The molecule has 274 valence electrons. The first-order chi connectivity index (χ1) is 23.4. The van der Waals surface area contributed by atoms with Crippen molar-refractivity contribution >= 4 is 48.4 Å². The third-order valence-corrected chi connectivity index (χ3v) is 10.0. The highest BCUT2D eigenvalue weighted by atomic mass is 35.5. The Morgan fingerprint density at radius 1 is 1.08 bits per heavy atom. The van der Waals surface area contributed by atoms with Gasteiger partial charge in [-0.25, -0.2) is 9.18 Å². The van der Waals surface area contributed by atoms with E-state index in [0.717, 1.165) is 11.7 Å². The summed E-state index contributed by atoms with van der Waals surface area (Å²) < 4.78 is 30.0. The lowest BCUT2D eigenvalue weighted by Crippen LogP contribution is -2.35. The average molecular weight is 732 g/mol. The molecular weight excluding hydrogens is 681 g/mol. The Kier molecular flexibility index (Phi) is 14.5. The van der Waals surface area contributed by atoms with Gasteiger partial charge in [-0.1, -0.05) is 57.2 Å². The normalized spacial score (nSPS) is 12.6. The molecule has 3 aromatic heterocycles. The number of hydrogen-bond acceptors (Lipinski definition) is 7. The number of ether oxygens (including phenoxy) is 2. The van der Waals surface area contributed by atoms with Crippen LogP contribution in [0, 0.1) is 11.7 Å². The van der Waals surface area contributed by atoms with Gasteiger partial charge in [-0.15, -0.1) is 0 Å². The molecule has 0 saturated heterocycles. The Morgan fingerprint density at radius 2 is 1.78 bits per heavy atom. The van der Waals surface area contributed by atoms with Gasteiger partial charge >= 0.3 is 6.09 Å². The molecule has 1 atom stereocenters. The molecule has 2 amide bonds. The molecule has 0 bridgehead atoms. The van der Waals surface area contributed by atoms with Crippen LogP contribution < -0.4 is 5.56 Å². The molecule has 0 unspecified atom stereocenters. The van der Waals surface area contributed by atoms with E-state index in [1.54, 1.807) is 26.2 Å². The van der Waals surface area contributed by atoms with Crippen molar-refractivity contribution in [2.24, 2.45) is 5.92 Å². The minimum Gasteiger partial charge on any atom is -0.438 e. The monoisotopic (exact) mass is 731 g/mol. The Morgan fingerprint density at radius 3 is 2.40 bits per heavy atom. The van der Waals surface area contributed by atoms with Crippen molar-refractivity contribution in [2.45, 2.75) is 84.6 Å². The number of aromatic nitrogens is 3. The van der Waals surface area contributed by atoms with E-state index < -0.39 is 37.4 Å². The van der Waals surface area contributed by atoms with Crippen molar-refractivity contribution in [3.8, 4) is 0 Å². The molecule has 0 spiro atoms. The fraction of sp³-hybridized carbons (Fsp3) is 0.528. The maximum Gasteiger partial charge on any atom is 0.409 e. The van der Waals surface area contributed by atoms with Crippen molar-refractivity contribution in [2.75, 3.05) is 34.8 Å². The van der Waals surface area contributed by atoms with Crippen LogP contribution in [0.5, 0.6) is 0 Å². The third-order valence-electron chi connectivity index (χ3n) is 8.01. The smallest absolute Gasteiger partial charge is 0.409 e. The maximum absolute atomic E-state index is 15.2. The van der Waals surface area contributed by atoms with Gasteiger partial charge in [-0.05, 0) is 49.4 Å². The van der Waals surface area contributed by atoms with Crippen LogP contribution in [0.3, 0.4) is 0 Å². The van der Waals surface area contributed by atoms with E-state index in [-0.39, 0.29) is 55.1 Å². The fourth-order valence-corrected chi connectivity index (χ4v) is 6.11. The summed E-state index contributed by atoms with van der Waals surface area (Å²) in [6.45, 7) is 11.6. The van der Waals surface area contributed by atoms with Crippen LogP contribution in [-0.2, 0) is 45.2 Å². The first-order valence-corrected chi connectivity index (χ1v) is 20.9. The van der Waals surface area contributed by atoms with Crippen LogP contribution in [-0.4, -0.2) is 90.7 Å². The van der Waals surface area contributed by atoms with Crippen molar-refractivity contribution in [3.05, 3.63) is 74.8 Å². The number of amides is 2. The number of halogens is 2. The first-order valence-electron chi connectivity index (χ1n) is 16.8. The predicted octanol–water partition coefficient (Wildman–Crippen LogP) is 6.15. The van der Waals surface area contributed by atoms with E-state index >= 15 is 4.39 Å². The summed E-state index contributed by atoms with van der Waals surface area (Å²) in [5, 5.41) is 0.511. The number of nitrogens with zero attached hydrogens (tertiary/aromatic N) is 5. The standard InChI is InChI=1S/C36H51ClFN5O6Si/c1-24(2)18-29-34-27(28(38)21-39-29)20-26(43(34)23-48-16-17-50(7,8)9)22-42-32(37)15-14-25(35(42)46)19-30(44)31(49-36(47)41(5)6)12-10-11-13-33(45)40(3)4/h11,13-15,20-21,24,31H,10,12,16-19,22-23H2,1-9H3/b13-11+/t31-/m0/s1. The van der Waals surface area contributed by atoms with E-state index in [0.29, 0.717) is 29.6 Å². The molecule has 0 aliphatic carbocycles. The number of hydrogen-bond donors (Lipinski definition) is 0. The Hall–Kier alpha value is -3.81. The molecule has 0 aromatic carbocycles. The lowest BCUT2D eigenvalue weighted by molar-refractivity contribution is -0.127. The molecule has 0 aliphatic rings. The molecule has 0 saturated carbocycles. The molecule has 3 heterocycles. The molecular formula is C36H51ClFN5O6Si. The summed E-state index contributed by atoms with van der Waals surface area (Å²) >= 11 is 6.59. The summed E-state index contributed by atoms with van der Waals surface area (Å²) in [6.07, 6.45) is 3.07. The van der Waals surface area contributed by atoms with Crippen molar-refractivity contribution < 1.29 is 28.2 Å². The summed E-state index contributed by atoms with van der Waals surface area (Å²) in [6, 6.07) is 5.67. The Bertz CT molecular complexity index is 1760. The van der Waals surface area contributed by atoms with Crippen molar-refractivity contribution in [1.82, 2.24) is 23.9 Å². The summed E-state index contributed by atoms with van der Waals surface area (Å²) in [5.41, 5.74) is 1.59. The second kappa shape index (κ2) is 17.9. The minimum absolute atomic E-state index is 0.0178. The zero-order chi connectivity index (χ0) is 37.3. The number of Topliss-reactive ketones (excluding diaryl/α,β-unsaturated/α-hetero) is 1. The highest BCUT2D eigenvalue weighted by molar-refractivity contribution is 6.76. The molecule has 0 radical (unpaired) electrons. The van der Waals surface area contributed by atoms with Gasteiger partial charge in [0.2, 0.25) is 5.91 Å². The summed E-state index contributed by atoms with van der Waals surface area (Å²) in [5.74, 6) is -0.909. The van der Waals surface area contributed by atoms with Crippen LogP contribution >= 0.6 is 11.6 Å².